The summed E-state index contributed by atoms with van der Waals surface area (Å²) in [6, 6.07) is 16.2. The standard InChI is InChI=1S/C19H20N4O3/c24-17(12-14-4-2-1-3-5-14)21-13-18(25)22-15-6-8-16(9-7-15)23-11-10-20-19(23)26/h1-9H,10-13H2,(H,20,26)(H,21,24)(H,22,25). The second-order valence-corrected chi connectivity index (χ2v) is 5.92. The lowest BCUT2D eigenvalue weighted by Gasteiger charge is -2.14. The zero-order valence-corrected chi connectivity index (χ0v) is 14.2. The van der Waals surface area contributed by atoms with Crippen LogP contribution in [0.15, 0.2) is 54.6 Å². The molecule has 0 radical (unpaired) electrons. The van der Waals surface area contributed by atoms with Crippen molar-refractivity contribution in [3.05, 3.63) is 60.2 Å². The number of nitrogens with one attached hydrogen (secondary N) is 3. The zero-order valence-electron chi connectivity index (χ0n) is 14.2. The SMILES string of the molecule is O=C(Cc1ccccc1)NCC(=O)Nc1ccc(N2CCNC2=O)cc1. The van der Waals surface area contributed by atoms with Crippen molar-refractivity contribution in [2.75, 3.05) is 29.9 Å². The van der Waals surface area contributed by atoms with Gasteiger partial charge in [0.2, 0.25) is 11.8 Å². The first-order valence-electron chi connectivity index (χ1n) is 8.38. The van der Waals surface area contributed by atoms with Gasteiger partial charge in [-0.25, -0.2) is 4.79 Å². The van der Waals surface area contributed by atoms with Crippen molar-refractivity contribution in [3.63, 3.8) is 0 Å². The summed E-state index contributed by atoms with van der Waals surface area (Å²) in [5.41, 5.74) is 2.27. The van der Waals surface area contributed by atoms with E-state index in [1.165, 1.54) is 0 Å². The molecule has 2 aromatic rings. The number of benzene rings is 2. The van der Waals surface area contributed by atoms with Gasteiger partial charge in [-0.15, -0.1) is 0 Å². The summed E-state index contributed by atoms with van der Waals surface area (Å²) in [6.45, 7) is 1.15. The van der Waals surface area contributed by atoms with Crippen LogP contribution in [0.2, 0.25) is 0 Å². The second kappa shape index (κ2) is 8.15. The number of hydrogen-bond acceptors (Lipinski definition) is 3. The first-order valence-corrected chi connectivity index (χ1v) is 8.38. The van der Waals surface area contributed by atoms with E-state index in [0.717, 1.165) is 11.3 Å². The molecule has 0 saturated carbocycles. The highest BCUT2D eigenvalue weighted by Crippen LogP contribution is 2.19. The van der Waals surface area contributed by atoms with Gasteiger partial charge in [-0.1, -0.05) is 30.3 Å². The van der Waals surface area contributed by atoms with E-state index in [2.05, 4.69) is 16.0 Å². The molecule has 1 fully saturated rings. The maximum atomic E-state index is 12.0. The van der Waals surface area contributed by atoms with Crippen LogP contribution in [0, 0.1) is 0 Å². The Morgan fingerprint density at radius 3 is 2.38 bits per heavy atom. The number of carbonyl (C=O) groups excluding carboxylic acids is 3. The van der Waals surface area contributed by atoms with Gasteiger partial charge < -0.3 is 16.0 Å². The van der Waals surface area contributed by atoms with E-state index < -0.39 is 0 Å². The number of rotatable bonds is 6. The van der Waals surface area contributed by atoms with Crippen molar-refractivity contribution in [3.8, 4) is 0 Å². The average molecular weight is 352 g/mol. The Hall–Kier alpha value is -3.35. The lowest BCUT2D eigenvalue weighted by molar-refractivity contribution is -0.123. The minimum absolute atomic E-state index is 0.0953. The van der Waals surface area contributed by atoms with Crippen molar-refractivity contribution in [2.45, 2.75) is 6.42 Å². The van der Waals surface area contributed by atoms with Crippen LogP contribution in [-0.4, -0.2) is 37.5 Å². The quantitative estimate of drug-likeness (QED) is 0.736. The van der Waals surface area contributed by atoms with Crippen LogP contribution in [0.1, 0.15) is 5.56 Å². The van der Waals surface area contributed by atoms with E-state index in [0.29, 0.717) is 18.8 Å². The number of carbonyl (C=O) groups is 3. The van der Waals surface area contributed by atoms with Crippen molar-refractivity contribution in [2.24, 2.45) is 0 Å². The Balaban J connectivity index is 1.46. The van der Waals surface area contributed by atoms with Gasteiger partial charge in [0, 0.05) is 24.5 Å². The van der Waals surface area contributed by atoms with E-state index in [1.54, 1.807) is 29.2 Å². The predicted molar refractivity (Wildman–Crippen MR) is 99.0 cm³/mol. The Kier molecular flexibility index (Phi) is 5.48. The highest BCUT2D eigenvalue weighted by molar-refractivity contribution is 5.96. The first-order chi connectivity index (χ1) is 12.6. The lowest BCUT2D eigenvalue weighted by atomic mass is 10.1. The summed E-state index contributed by atoms with van der Waals surface area (Å²) < 4.78 is 0. The normalized spacial score (nSPS) is 13.2. The number of anilines is 2. The molecule has 2 aromatic carbocycles. The molecule has 3 rings (SSSR count). The van der Waals surface area contributed by atoms with Crippen LogP contribution in [0.25, 0.3) is 0 Å². The molecule has 26 heavy (non-hydrogen) atoms. The van der Waals surface area contributed by atoms with Crippen LogP contribution in [0.4, 0.5) is 16.2 Å². The van der Waals surface area contributed by atoms with Gasteiger partial charge in [0.1, 0.15) is 0 Å². The molecule has 0 aliphatic carbocycles. The van der Waals surface area contributed by atoms with Crippen LogP contribution in [-0.2, 0) is 16.0 Å². The largest absolute Gasteiger partial charge is 0.347 e. The third kappa shape index (κ3) is 4.60. The average Bonchev–Trinajstić information content (AvgIpc) is 3.07. The van der Waals surface area contributed by atoms with E-state index in [4.69, 9.17) is 0 Å². The molecule has 1 aliphatic rings. The third-order valence-electron chi connectivity index (χ3n) is 3.97. The summed E-state index contributed by atoms with van der Waals surface area (Å²) in [5, 5.41) is 8.05. The minimum Gasteiger partial charge on any atom is -0.347 e. The molecule has 0 unspecified atom stereocenters. The number of amides is 4. The fourth-order valence-corrected chi connectivity index (χ4v) is 2.67. The van der Waals surface area contributed by atoms with Gasteiger partial charge >= 0.3 is 6.03 Å². The fourth-order valence-electron chi connectivity index (χ4n) is 2.67. The third-order valence-corrected chi connectivity index (χ3v) is 3.97. The Labute approximate surface area is 151 Å². The Morgan fingerprint density at radius 2 is 1.73 bits per heavy atom. The first kappa shape index (κ1) is 17.5. The van der Waals surface area contributed by atoms with Gasteiger partial charge in [0.25, 0.3) is 0 Å². The van der Waals surface area contributed by atoms with Gasteiger partial charge in [0.05, 0.1) is 13.0 Å². The lowest BCUT2D eigenvalue weighted by Crippen LogP contribution is -2.33. The molecule has 0 spiro atoms. The van der Waals surface area contributed by atoms with Gasteiger partial charge in [-0.3, -0.25) is 14.5 Å². The van der Waals surface area contributed by atoms with Crippen molar-refractivity contribution in [1.29, 1.82) is 0 Å². The summed E-state index contributed by atoms with van der Waals surface area (Å²) in [6.07, 6.45) is 0.237. The maximum absolute atomic E-state index is 12.0. The molecule has 3 N–H and O–H groups in total. The van der Waals surface area contributed by atoms with Crippen molar-refractivity contribution >= 4 is 29.2 Å². The molecule has 0 aromatic heterocycles. The summed E-state index contributed by atoms with van der Waals surface area (Å²) in [4.78, 5) is 37.1. The predicted octanol–water partition coefficient (Wildman–Crippen LogP) is 1.51. The molecule has 0 atom stereocenters. The number of nitrogens with zero attached hydrogens (tertiary/aromatic N) is 1. The van der Waals surface area contributed by atoms with Crippen LogP contribution < -0.4 is 20.9 Å². The molecule has 134 valence electrons. The number of urea groups is 1. The zero-order chi connectivity index (χ0) is 18.4. The van der Waals surface area contributed by atoms with Gasteiger partial charge in [-0.2, -0.15) is 0 Å². The molecule has 7 nitrogen and oxygen atoms in total. The molecule has 0 bridgehead atoms. The van der Waals surface area contributed by atoms with E-state index in [-0.39, 0.29) is 30.8 Å². The number of hydrogen-bond donors (Lipinski definition) is 3. The van der Waals surface area contributed by atoms with Crippen molar-refractivity contribution in [1.82, 2.24) is 10.6 Å². The molecule has 4 amide bonds. The fraction of sp³-hybridized carbons (Fsp3) is 0.211. The monoisotopic (exact) mass is 352 g/mol. The van der Waals surface area contributed by atoms with E-state index in [9.17, 15) is 14.4 Å². The summed E-state index contributed by atoms with van der Waals surface area (Å²) in [7, 11) is 0. The Morgan fingerprint density at radius 1 is 1.00 bits per heavy atom. The molecular formula is C19H20N4O3. The van der Waals surface area contributed by atoms with Crippen molar-refractivity contribution < 1.29 is 14.4 Å². The van der Waals surface area contributed by atoms with Crippen LogP contribution in [0.5, 0.6) is 0 Å². The molecule has 7 heteroatoms. The van der Waals surface area contributed by atoms with Crippen LogP contribution in [0.3, 0.4) is 0 Å². The molecule has 1 saturated heterocycles. The van der Waals surface area contributed by atoms with Crippen LogP contribution >= 0.6 is 0 Å². The summed E-state index contributed by atoms with van der Waals surface area (Å²) >= 11 is 0. The Bertz CT molecular complexity index is 790. The molecule has 1 heterocycles. The summed E-state index contributed by atoms with van der Waals surface area (Å²) in [5.74, 6) is -0.514. The topological polar surface area (TPSA) is 90.5 Å². The van der Waals surface area contributed by atoms with E-state index in [1.807, 2.05) is 30.3 Å². The van der Waals surface area contributed by atoms with E-state index >= 15 is 0 Å². The molecule has 1 aliphatic heterocycles. The highest BCUT2D eigenvalue weighted by atomic mass is 16.2. The molecular weight excluding hydrogens is 332 g/mol. The van der Waals surface area contributed by atoms with Gasteiger partial charge in [-0.05, 0) is 29.8 Å². The highest BCUT2D eigenvalue weighted by Gasteiger charge is 2.20. The minimum atomic E-state index is -0.307. The van der Waals surface area contributed by atoms with Gasteiger partial charge in [0.15, 0.2) is 0 Å². The maximum Gasteiger partial charge on any atom is 0.321 e. The second-order valence-electron chi connectivity index (χ2n) is 5.92. The smallest absolute Gasteiger partial charge is 0.321 e.